The molecule has 0 aliphatic carbocycles. The van der Waals surface area contributed by atoms with E-state index in [2.05, 4.69) is 9.89 Å². The molecule has 0 aromatic heterocycles. The van der Waals surface area contributed by atoms with Crippen LogP contribution in [0, 0.1) is 0 Å². The van der Waals surface area contributed by atoms with Crippen molar-refractivity contribution in [2.24, 2.45) is 4.99 Å². The SMILES string of the molecule is CSC1=NC(=Cc2ccccc2)C(=O)N1CN1CCCCC1. The Kier molecular flexibility index (Phi) is 4.95. The van der Waals surface area contributed by atoms with Gasteiger partial charge in [-0.2, -0.15) is 0 Å². The maximum absolute atomic E-state index is 12.7. The molecule has 0 radical (unpaired) electrons. The first-order valence-electron chi connectivity index (χ1n) is 7.71. The fourth-order valence-electron chi connectivity index (χ4n) is 2.82. The summed E-state index contributed by atoms with van der Waals surface area (Å²) in [6, 6.07) is 9.88. The van der Waals surface area contributed by atoms with Crippen molar-refractivity contribution >= 4 is 28.9 Å². The number of carbonyl (C=O) groups is 1. The molecule has 1 fully saturated rings. The Morgan fingerprint density at radius 1 is 1.18 bits per heavy atom. The van der Waals surface area contributed by atoms with Crippen LogP contribution in [-0.4, -0.2) is 46.9 Å². The van der Waals surface area contributed by atoms with Gasteiger partial charge in [0, 0.05) is 0 Å². The standard InChI is InChI=1S/C17H21N3OS/c1-22-17-18-15(12-14-8-4-2-5-9-14)16(21)20(17)13-19-10-6-3-7-11-19/h2,4-5,8-9,12H,3,6-7,10-11,13H2,1H3. The van der Waals surface area contributed by atoms with Crippen LogP contribution in [0.1, 0.15) is 24.8 Å². The molecule has 2 heterocycles. The summed E-state index contributed by atoms with van der Waals surface area (Å²) >= 11 is 1.53. The first-order chi connectivity index (χ1) is 10.8. The Hall–Kier alpha value is -1.59. The Morgan fingerprint density at radius 3 is 2.59 bits per heavy atom. The van der Waals surface area contributed by atoms with E-state index < -0.39 is 0 Å². The predicted molar refractivity (Wildman–Crippen MR) is 92.5 cm³/mol. The lowest BCUT2D eigenvalue weighted by Crippen LogP contribution is -2.43. The van der Waals surface area contributed by atoms with E-state index in [1.54, 1.807) is 0 Å². The maximum atomic E-state index is 12.7. The highest BCUT2D eigenvalue weighted by Gasteiger charge is 2.31. The van der Waals surface area contributed by atoms with Gasteiger partial charge in [0.1, 0.15) is 5.70 Å². The third-order valence-electron chi connectivity index (χ3n) is 3.99. The minimum atomic E-state index is 0.0128. The van der Waals surface area contributed by atoms with Crippen molar-refractivity contribution in [1.82, 2.24) is 9.80 Å². The number of hydrogen-bond acceptors (Lipinski definition) is 4. The third-order valence-corrected chi connectivity index (χ3v) is 4.66. The largest absolute Gasteiger partial charge is 0.286 e. The number of nitrogens with zero attached hydrogens (tertiary/aromatic N) is 3. The zero-order valence-electron chi connectivity index (χ0n) is 12.9. The van der Waals surface area contributed by atoms with Crippen molar-refractivity contribution in [2.45, 2.75) is 19.3 Å². The summed E-state index contributed by atoms with van der Waals surface area (Å²) in [4.78, 5) is 21.3. The average Bonchev–Trinajstić information content (AvgIpc) is 2.86. The molecule has 0 unspecified atom stereocenters. The number of amidine groups is 1. The van der Waals surface area contributed by atoms with Crippen LogP contribution in [0.4, 0.5) is 0 Å². The molecule has 0 bridgehead atoms. The molecule has 0 atom stereocenters. The van der Waals surface area contributed by atoms with E-state index in [1.807, 2.05) is 47.6 Å². The summed E-state index contributed by atoms with van der Waals surface area (Å²) in [5, 5.41) is 0.803. The molecule has 4 nitrogen and oxygen atoms in total. The van der Waals surface area contributed by atoms with E-state index in [1.165, 1.54) is 31.0 Å². The van der Waals surface area contributed by atoms with Crippen molar-refractivity contribution in [3.63, 3.8) is 0 Å². The zero-order chi connectivity index (χ0) is 15.4. The molecular weight excluding hydrogens is 294 g/mol. The number of benzene rings is 1. The second-order valence-corrected chi connectivity index (χ2v) is 6.37. The Bertz CT molecular complexity index is 591. The minimum absolute atomic E-state index is 0.0128. The second kappa shape index (κ2) is 7.11. The summed E-state index contributed by atoms with van der Waals surface area (Å²) in [5.41, 5.74) is 1.54. The van der Waals surface area contributed by atoms with Crippen molar-refractivity contribution in [3.8, 4) is 0 Å². The zero-order valence-corrected chi connectivity index (χ0v) is 13.7. The van der Waals surface area contributed by atoms with Gasteiger partial charge in [-0.3, -0.25) is 14.6 Å². The molecule has 0 saturated carbocycles. The maximum Gasteiger partial charge on any atom is 0.279 e. The van der Waals surface area contributed by atoms with E-state index in [0.29, 0.717) is 12.4 Å². The minimum Gasteiger partial charge on any atom is -0.286 e. The van der Waals surface area contributed by atoms with E-state index in [9.17, 15) is 4.79 Å². The van der Waals surface area contributed by atoms with Crippen LogP contribution >= 0.6 is 11.8 Å². The highest BCUT2D eigenvalue weighted by Crippen LogP contribution is 2.23. The van der Waals surface area contributed by atoms with Gasteiger partial charge in [0.2, 0.25) is 0 Å². The Morgan fingerprint density at radius 2 is 1.91 bits per heavy atom. The lowest BCUT2D eigenvalue weighted by Gasteiger charge is -2.30. The van der Waals surface area contributed by atoms with Crippen LogP contribution in [0.5, 0.6) is 0 Å². The van der Waals surface area contributed by atoms with Crippen LogP contribution in [0.2, 0.25) is 0 Å². The van der Waals surface area contributed by atoms with Gasteiger partial charge in [0.25, 0.3) is 5.91 Å². The monoisotopic (exact) mass is 315 g/mol. The van der Waals surface area contributed by atoms with Gasteiger partial charge in [-0.1, -0.05) is 48.5 Å². The fraction of sp³-hybridized carbons (Fsp3) is 0.412. The summed E-state index contributed by atoms with van der Waals surface area (Å²) in [6.07, 6.45) is 7.59. The smallest absolute Gasteiger partial charge is 0.279 e. The highest BCUT2D eigenvalue weighted by molar-refractivity contribution is 8.13. The number of rotatable bonds is 3. The predicted octanol–water partition coefficient (Wildman–Crippen LogP) is 3.03. The van der Waals surface area contributed by atoms with Gasteiger partial charge in [0.05, 0.1) is 6.67 Å². The molecule has 1 aromatic carbocycles. The summed E-state index contributed by atoms with van der Waals surface area (Å²) < 4.78 is 0. The molecule has 5 heteroatoms. The van der Waals surface area contributed by atoms with Crippen molar-refractivity contribution < 1.29 is 4.79 Å². The van der Waals surface area contributed by atoms with Gasteiger partial charge in [0.15, 0.2) is 5.17 Å². The molecule has 2 aliphatic rings. The van der Waals surface area contributed by atoms with Crippen molar-refractivity contribution in [3.05, 3.63) is 41.6 Å². The molecule has 0 spiro atoms. The third kappa shape index (κ3) is 3.42. The van der Waals surface area contributed by atoms with Crippen LogP contribution in [0.15, 0.2) is 41.0 Å². The van der Waals surface area contributed by atoms with Crippen LogP contribution in [-0.2, 0) is 4.79 Å². The molecule has 116 valence electrons. The van der Waals surface area contributed by atoms with E-state index in [-0.39, 0.29) is 5.91 Å². The van der Waals surface area contributed by atoms with Crippen LogP contribution in [0.3, 0.4) is 0 Å². The van der Waals surface area contributed by atoms with E-state index >= 15 is 0 Å². The van der Waals surface area contributed by atoms with Crippen molar-refractivity contribution in [2.75, 3.05) is 26.0 Å². The topological polar surface area (TPSA) is 35.9 Å². The van der Waals surface area contributed by atoms with Crippen molar-refractivity contribution in [1.29, 1.82) is 0 Å². The number of carbonyl (C=O) groups excluding carboxylic acids is 1. The number of likely N-dealkylation sites (tertiary alicyclic amines) is 1. The van der Waals surface area contributed by atoms with Gasteiger partial charge in [-0.05, 0) is 43.8 Å². The molecule has 0 N–H and O–H groups in total. The summed E-state index contributed by atoms with van der Waals surface area (Å²) in [5.74, 6) is 0.0128. The highest BCUT2D eigenvalue weighted by atomic mass is 32.2. The molecule has 1 saturated heterocycles. The summed E-state index contributed by atoms with van der Waals surface area (Å²) in [6.45, 7) is 2.80. The van der Waals surface area contributed by atoms with Gasteiger partial charge in [-0.15, -0.1) is 0 Å². The lowest BCUT2D eigenvalue weighted by molar-refractivity contribution is -0.124. The molecular formula is C17H21N3OS. The number of piperidine rings is 1. The Balaban J connectivity index is 1.77. The number of thioether (sulfide) groups is 1. The molecule has 3 rings (SSSR count). The van der Waals surface area contributed by atoms with Crippen LogP contribution < -0.4 is 0 Å². The molecule has 1 aromatic rings. The quantitative estimate of drug-likeness (QED) is 0.804. The van der Waals surface area contributed by atoms with Gasteiger partial charge in [-0.25, -0.2) is 4.99 Å². The Labute approximate surface area is 135 Å². The number of aliphatic imine (C=N–C) groups is 1. The molecule has 1 amide bonds. The van der Waals surface area contributed by atoms with E-state index in [4.69, 9.17) is 0 Å². The first-order valence-corrected chi connectivity index (χ1v) is 8.94. The van der Waals surface area contributed by atoms with E-state index in [0.717, 1.165) is 23.8 Å². The summed E-state index contributed by atoms with van der Waals surface area (Å²) in [7, 11) is 0. The fourth-order valence-corrected chi connectivity index (χ4v) is 3.37. The normalized spacial score (nSPS) is 21.5. The lowest BCUT2D eigenvalue weighted by atomic mass is 10.1. The van der Waals surface area contributed by atoms with Gasteiger partial charge < -0.3 is 0 Å². The number of amides is 1. The molecule has 2 aliphatic heterocycles. The first kappa shape index (κ1) is 15.3. The van der Waals surface area contributed by atoms with Gasteiger partial charge >= 0.3 is 0 Å². The number of hydrogen-bond donors (Lipinski definition) is 0. The average molecular weight is 315 g/mol. The van der Waals surface area contributed by atoms with Crippen LogP contribution in [0.25, 0.3) is 6.08 Å². The molecule has 22 heavy (non-hydrogen) atoms. The second-order valence-electron chi connectivity index (χ2n) is 5.59.